The van der Waals surface area contributed by atoms with Gasteiger partial charge in [-0.05, 0) is 17.7 Å². The van der Waals surface area contributed by atoms with E-state index in [9.17, 15) is 31.5 Å². The normalized spacial score (nSPS) is 13.4. The number of Topliss-reactive ketones (excluding diaryl/α,β-unsaturated/α-hetero) is 1. The first-order valence-electron chi connectivity index (χ1n) is 7.86. The zero-order chi connectivity index (χ0) is 20.8. The Morgan fingerprint density at radius 2 is 1.78 bits per heavy atom. The maximum Gasteiger partial charge on any atom is 0.573 e. The summed E-state index contributed by atoms with van der Waals surface area (Å²) in [5.41, 5.74) is -0.735. The Morgan fingerprint density at radius 1 is 1.15 bits per heavy atom. The van der Waals surface area contributed by atoms with Crippen molar-refractivity contribution in [1.82, 2.24) is 5.32 Å². The molecule has 152 valence electrons. The largest absolute Gasteiger partial charge is 0.573 e. The number of ketones is 1. The third-order valence-electron chi connectivity index (χ3n) is 3.38. The lowest BCUT2D eigenvalue weighted by molar-refractivity contribution is -0.274. The quantitative estimate of drug-likeness (QED) is 0.532. The summed E-state index contributed by atoms with van der Waals surface area (Å²) >= 11 is 0. The Hall–Kier alpha value is -2.23. The van der Waals surface area contributed by atoms with E-state index in [2.05, 4.69) is 14.8 Å². The summed E-state index contributed by atoms with van der Waals surface area (Å²) < 4.78 is 69.7. The number of carbonyl (C=O) groups excluding carboxylic acids is 2. The molecule has 1 aromatic rings. The SMILES string of the molecule is CC(C)(C)C(=O)CC(=O)NC(COC(F)F)c1cccc(OC(F)(F)F)c1. The highest BCUT2D eigenvalue weighted by Crippen LogP contribution is 2.26. The van der Waals surface area contributed by atoms with Gasteiger partial charge < -0.3 is 14.8 Å². The van der Waals surface area contributed by atoms with Crippen LogP contribution in [0.3, 0.4) is 0 Å². The van der Waals surface area contributed by atoms with Crippen molar-refractivity contribution in [3.63, 3.8) is 0 Å². The van der Waals surface area contributed by atoms with Crippen LogP contribution in [-0.4, -0.2) is 31.3 Å². The Kier molecular flexibility index (Phi) is 7.70. The van der Waals surface area contributed by atoms with Crippen molar-refractivity contribution >= 4 is 11.7 Å². The van der Waals surface area contributed by atoms with Gasteiger partial charge in [0.25, 0.3) is 0 Å². The lowest BCUT2D eigenvalue weighted by atomic mass is 9.89. The van der Waals surface area contributed by atoms with Gasteiger partial charge in [-0.2, -0.15) is 8.78 Å². The second-order valence-electron chi connectivity index (χ2n) is 6.68. The summed E-state index contributed by atoms with van der Waals surface area (Å²) in [5.74, 6) is -1.73. The molecule has 5 nitrogen and oxygen atoms in total. The molecule has 1 aromatic carbocycles. The summed E-state index contributed by atoms with van der Waals surface area (Å²) in [6.07, 6.45) is -5.44. The van der Waals surface area contributed by atoms with E-state index in [4.69, 9.17) is 0 Å². The fourth-order valence-electron chi connectivity index (χ4n) is 1.97. The first-order chi connectivity index (χ1) is 12.3. The Labute approximate surface area is 152 Å². The first-order valence-corrected chi connectivity index (χ1v) is 7.86. The minimum atomic E-state index is -4.93. The highest BCUT2D eigenvalue weighted by Gasteiger charge is 2.31. The number of ether oxygens (including phenoxy) is 2. The number of benzene rings is 1. The number of carbonyl (C=O) groups is 2. The standard InChI is InChI=1S/C17H20F5NO4/c1-16(2,3)13(24)8-14(25)23-12(9-26-15(18)19)10-5-4-6-11(7-10)27-17(20,21)22/h4-7,12,15H,8-9H2,1-3H3,(H,23,25). The van der Waals surface area contributed by atoms with Crippen LogP contribution in [0.25, 0.3) is 0 Å². The van der Waals surface area contributed by atoms with Gasteiger partial charge in [0, 0.05) is 5.41 Å². The Balaban J connectivity index is 2.95. The summed E-state index contributed by atoms with van der Waals surface area (Å²) in [6, 6.07) is 3.29. The van der Waals surface area contributed by atoms with Gasteiger partial charge in [-0.1, -0.05) is 32.9 Å². The first kappa shape index (κ1) is 22.8. The zero-order valence-electron chi connectivity index (χ0n) is 14.9. The fourth-order valence-corrected chi connectivity index (χ4v) is 1.97. The number of alkyl halides is 5. The molecule has 1 unspecified atom stereocenters. The molecule has 27 heavy (non-hydrogen) atoms. The third-order valence-corrected chi connectivity index (χ3v) is 3.38. The lowest BCUT2D eigenvalue weighted by Crippen LogP contribution is -2.35. The molecule has 0 saturated heterocycles. The maximum atomic E-state index is 12.4. The van der Waals surface area contributed by atoms with Gasteiger partial charge in [0.2, 0.25) is 5.91 Å². The van der Waals surface area contributed by atoms with E-state index in [1.165, 1.54) is 12.1 Å². The average molecular weight is 397 g/mol. The van der Waals surface area contributed by atoms with Crippen LogP contribution in [0.2, 0.25) is 0 Å². The monoisotopic (exact) mass is 397 g/mol. The van der Waals surface area contributed by atoms with Crippen LogP contribution in [0.1, 0.15) is 38.8 Å². The fraction of sp³-hybridized carbons (Fsp3) is 0.529. The van der Waals surface area contributed by atoms with Crippen LogP contribution >= 0.6 is 0 Å². The number of halogens is 5. The number of nitrogens with one attached hydrogen (secondary N) is 1. The summed E-state index contributed by atoms with van der Waals surface area (Å²) in [4.78, 5) is 24.0. The molecule has 0 aliphatic heterocycles. The molecular formula is C17H20F5NO4. The molecule has 0 aliphatic carbocycles. The second-order valence-corrected chi connectivity index (χ2v) is 6.68. The van der Waals surface area contributed by atoms with Gasteiger partial charge >= 0.3 is 13.0 Å². The molecule has 1 atom stereocenters. The molecule has 0 spiro atoms. The molecule has 10 heteroatoms. The van der Waals surface area contributed by atoms with Crippen LogP contribution in [0.15, 0.2) is 24.3 Å². The van der Waals surface area contributed by atoms with Gasteiger partial charge in [0.15, 0.2) is 0 Å². The van der Waals surface area contributed by atoms with E-state index >= 15 is 0 Å². The maximum absolute atomic E-state index is 12.4. The zero-order valence-corrected chi connectivity index (χ0v) is 14.9. The van der Waals surface area contributed by atoms with Crippen molar-refractivity contribution in [3.8, 4) is 5.75 Å². The topological polar surface area (TPSA) is 64.6 Å². The number of hydrogen-bond donors (Lipinski definition) is 1. The van der Waals surface area contributed by atoms with Crippen molar-refractivity contribution in [1.29, 1.82) is 0 Å². The Morgan fingerprint density at radius 3 is 2.30 bits per heavy atom. The molecule has 0 heterocycles. The highest BCUT2D eigenvalue weighted by molar-refractivity contribution is 6.00. The predicted octanol–water partition coefficient (Wildman–Crippen LogP) is 3.99. The molecule has 0 bridgehead atoms. The van der Waals surface area contributed by atoms with E-state index in [1.807, 2.05) is 0 Å². The van der Waals surface area contributed by atoms with Crippen molar-refractivity contribution in [2.24, 2.45) is 5.41 Å². The molecule has 0 aliphatic rings. The van der Waals surface area contributed by atoms with Crippen LogP contribution in [0.5, 0.6) is 5.75 Å². The molecular weight excluding hydrogens is 377 g/mol. The third kappa shape index (κ3) is 8.80. The van der Waals surface area contributed by atoms with Crippen LogP contribution in [-0.2, 0) is 14.3 Å². The van der Waals surface area contributed by atoms with Crippen molar-refractivity contribution in [2.45, 2.75) is 46.2 Å². The molecule has 0 radical (unpaired) electrons. The van der Waals surface area contributed by atoms with Crippen LogP contribution in [0.4, 0.5) is 22.0 Å². The highest BCUT2D eigenvalue weighted by atomic mass is 19.4. The number of rotatable bonds is 8. The van der Waals surface area contributed by atoms with Crippen molar-refractivity contribution in [3.05, 3.63) is 29.8 Å². The minimum Gasteiger partial charge on any atom is -0.406 e. The van der Waals surface area contributed by atoms with E-state index in [0.29, 0.717) is 0 Å². The van der Waals surface area contributed by atoms with Gasteiger partial charge in [0.05, 0.1) is 19.1 Å². The predicted molar refractivity (Wildman–Crippen MR) is 85.0 cm³/mol. The lowest BCUT2D eigenvalue weighted by Gasteiger charge is -2.21. The van der Waals surface area contributed by atoms with Gasteiger partial charge in [0.1, 0.15) is 11.5 Å². The molecule has 1 amide bonds. The van der Waals surface area contributed by atoms with E-state index in [0.717, 1.165) is 12.1 Å². The molecule has 1 N–H and O–H groups in total. The molecule has 0 fully saturated rings. The number of hydrogen-bond acceptors (Lipinski definition) is 4. The number of amides is 1. The van der Waals surface area contributed by atoms with E-state index < -0.39 is 49.1 Å². The summed E-state index contributed by atoms with van der Waals surface area (Å²) in [6.45, 7) is 0.978. The smallest absolute Gasteiger partial charge is 0.406 e. The second kappa shape index (κ2) is 9.12. The van der Waals surface area contributed by atoms with Crippen LogP contribution < -0.4 is 10.1 Å². The van der Waals surface area contributed by atoms with Gasteiger partial charge in [-0.15, -0.1) is 13.2 Å². The van der Waals surface area contributed by atoms with E-state index in [-0.39, 0.29) is 11.3 Å². The Bertz CT molecular complexity index is 655. The molecule has 0 saturated carbocycles. The summed E-state index contributed by atoms with van der Waals surface area (Å²) in [7, 11) is 0. The molecule has 0 aromatic heterocycles. The van der Waals surface area contributed by atoms with E-state index in [1.54, 1.807) is 20.8 Å². The van der Waals surface area contributed by atoms with Gasteiger partial charge in [-0.25, -0.2) is 0 Å². The van der Waals surface area contributed by atoms with Crippen LogP contribution in [0, 0.1) is 5.41 Å². The minimum absolute atomic E-state index is 0.0500. The molecule has 1 rings (SSSR count). The summed E-state index contributed by atoms with van der Waals surface area (Å²) in [5, 5.41) is 2.33. The average Bonchev–Trinajstić information content (AvgIpc) is 2.48. The van der Waals surface area contributed by atoms with Crippen molar-refractivity contribution in [2.75, 3.05) is 6.61 Å². The van der Waals surface area contributed by atoms with Crippen molar-refractivity contribution < 1.29 is 41.0 Å². The van der Waals surface area contributed by atoms with Gasteiger partial charge in [-0.3, -0.25) is 9.59 Å².